The number of nitrogens with one attached hydrogen (secondary N) is 1. The summed E-state index contributed by atoms with van der Waals surface area (Å²) in [5.41, 5.74) is -0.231. The zero-order valence-corrected chi connectivity index (χ0v) is 18.2. The average molecular weight is 430 g/mol. The Morgan fingerprint density at radius 3 is 2.65 bits per heavy atom. The quantitative estimate of drug-likeness (QED) is 0.794. The Morgan fingerprint density at radius 2 is 1.90 bits per heavy atom. The van der Waals surface area contributed by atoms with Gasteiger partial charge in [-0.15, -0.1) is 0 Å². The van der Waals surface area contributed by atoms with Gasteiger partial charge in [-0.3, -0.25) is 14.4 Å². The molecule has 1 spiro atoms. The fourth-order valence-corrected chi connectivity index (χ4v) is 4.62. The number of hydrogen-bond donors (Lipinski definition) is 1. The normalized spacial score (nSPS) is 24.4. The number of likely N-dealkylation sites (tertiary alicyclic amines) is 2. The van der Waals surface area contributed by atoms with Crippen molar-refractivity contribution >= 4 is 17.7 Å². The molecule has 1 atom stereocenters. The molecule has 168 valence electrons. The molecular weight excluding hydrogens is 398 g/mol. The average Bonchev–Trinajstić information content (AvgIpc) is 3.19. The summed E-state index contributed by atoms with van der Waals surface area (Å²) in [6.07, 6.45) is 5.68. The molecule has 3 amide bonds. The van der Waals surface area contributed by atoms with Crippen molar-refractivity contribution in [2.75, 3.05) is 39.8 Å². The summed E-state index contributed by atoms with van der Waals surface area (Å²) < 4.78 is 11.7. The van der Waals surface area contributed by atoms with Crippen LogP contribution in [0.25, 0.3) is 0 Å². The van der Waals surface area contributed by atoms with Gasteiger partial charge in [0.15, 0.2) is 0 Å². The summed E-state index contributed by atoms with van der Waals surface area (Å²) in [5.74, 6) is 0.869. The van der Waals surface area contributed by atoms with E-state index in [1.807, 2.05) is 4.90 Å². The highest BCUT2D eigenvalue weighted by Crippen LogP contribution is 2.35. The van der Waals surface area contributed by atoms with Crippen LogP contribution in [0.1, 0.15) is 55.3 Å². The number of methoxy groups -OCH3 is 1. The lowest BCUT2D eigenvalue weighted by atomic mass is 9.94. The maximum Gasteiger partial charge on any atom is 0.255 e. The Morgan fingerprint density at radius 1 is 1.13 bits per heavy atom. The summed E-state index contributed by atoms with van der Waals surface area (Å²) in [4.78, 5) is 41.7. The van der Waals surface area contributed by atoms with Crippen molar-refractivity contribution in [1.29, 1.82) is 0 Å². The predicted molar refractivity (Wildman–Crippen MR) is 114 cm³/mol. The van der Waals surface area contributed by atoms with E-state index in [9.17, 15) is 14.4 Å². The molecule has 1 N–H and O–H groups in total. The molecule has 8 nitrogen and oxygen atoms in total. The van der Waals surface area contributed by atoms with Crippen LogP contribution in [0, 0.1) is 0 Å². The van der Waals surface area contributed by atoms with Crippen molar-refractivity contribution < 1.29 is 23.9 Å². The Kier molecular flexibility index (Phi) is 6.34. The van der Waals surface area contributed by atoms with Crippen LogP contribution in [0.15, 0.2) is 18.2 Å². The predicted octanol–water partition coefficient (Wildman–Crippen LogP) is 1.97. The summed E-state index contributed by atoms with van der Waals surface area (Å²) in [5, 5.41) is 2.95. The smallest absolute Gasteiger partial charge is 0.255 e. The molecule has 3 heterocycles. The van der Waals surface area contributed by atoms with Crippen LogP contribution in [0.2, 0.25) is 0 Å². The van der Waals surface area contributed by atoms with Crippen LogP contribution >= 0.6 is 0 Å². The highest BCUT2D eigenvalue weighted by molar-refractivity contribution is 5.97. The number of rotatable bonds is 3. The minimum absolute atomic E-state index is 0.0244. The first kappa shape index (κ1) is 21.5. The Labute approximate surface area is 182 Å². The standard InChI is InChI=1S/C23H31N3O5/c1-30-17-6-7-18-19(14-17)31-23(16-24-22(18)29)9-8-20(27)26(13-10-23)15-21(28)25-11-4-2-3-5-12-25/h6-7,14H,2-5,8-13,15-16H2,1H3,(H,24,29). The molecule has 1 aromatic rings. The van der Waals surface area contributed by atoms with Gasteiger partial charge < -0.3 is 24.6 Å². The van der Waals surface area contributed by atoms with Gasteiger partial charge in [0.05, 0.1) is 25.8 Å². The lowest BCUT2D eigenvalue weighted by Gasteiger charge is -2.32. The molecule has 0 aromatic heterocycles. The molecule has 1 unspecified atom stereocenters. The first-order chi connectivity index (χ1) is 15.0. The Hall–Kier alpha value is -2.77. The molecule has 0 bridgehead atoms. The first-order valence-electron chi connectivity index (χ1n) is 11.2. The van der Waals surface area contributed by atoms with Crippen LogP contribution in [-0.2, 0) is 9.59 Å². The van der Waals surface area contributed by atoms with E-state index in [1.54, 1.807) is 30.2 Å². The van der Waals surface area contributed by atoms with Gasteiger partial charge in [0.2, 0.25) is 11.8 Å². The second-order valence-corrected chi connectivity index (χ2v) is 8.69. The molecule has 3 aliphatic rings. The molecular formula is C23H31N3O5. The summed E-state index contributed by atoms with van der Waals surface area (Å²) >= 11 is 0. The minimum Gasteiger partial charge on any atom is -0.497 e. The van der Waals surface area contributed by atoms with Crippen molar-refractivity contribution in [2.45, 2.75) is 50.5 Å². The summed E-state index contributed by atoms with van der Waals surface area (Å²) in [6, 6.07) is 5.14. The third kappa shape index (κ3) is 4.78. The summed E-state index contributed by atoms with van der Waals surface area (Å²) in [6.45, 7) is 2.42. The van der Waals surface area contributed by atoms with E-state index in [4.69, 9.17) is 9.47 Å². The van der Waals surface area contributed by atoms with Gasteiger partial charge in [-0.25, -0.2) is 0 Å². The van der Waals surface area contributed by atoms with Crippen molar-refractivity contribution in [3.63, 3.8) is 0 Å². The van der Waals surface area contributed by atoms with Crippen molar-refractivity contribution in [3.8, 4) is 11.5 Å². The maximum absolute atomic E-state index is 12.8. The lowest BCUT2D eigenvalue weighted by Crippen LogP contribution is -2.46. The van der Waals surface area contributed by atoms with E-state index in [0.29, 0.717) is 43.0 Å². The van der Waals surface area contributed by atoms with Gasteiger partial charge in [0, 0.05) is 38.5 Å². The maximum atomic E-state index is 12.8. The molecule has 3 aliphatic heterocycles. The van der Waals surface area contributed by atoms with Crippen molar-refractivity contribution in [1.82, 2.24) is 15.1 Å². The monoisotopic (exact) mass is 429 g/mol. The van der Waals surface area contributed by atoms with E-state index in [-0.39, 0.29) is 30.7 Å². The number of carbonyl (C=O) groups excluding carboxylic acids is 3. The van der Waals surface area contributed by atoms with E-state index in [1.165, 1.54) is 0 Å². The fraction of sp³-hybridized carbons (Fsp3) is 0.609. The topological polar surface area (TPSA) is 88.2 Å². The molecule has 2 fully saturated rings. The molecule has 4 rings (SSSR count). The van der Waals surface area contributed by atoms with Gasteiger partial charge in [0.25, 0.3) is 5.91 Å². The van der Waals surface area contributed by atoms with Crippen molar-refractivity contribution in [3.05, 3.63) is 23.8 Å². The molecule has 0 saturated carbocycles. The highest BCUT2D eigenvalue weighted by atomic mass is 16.5. The lowest BCUT2D eigenvalue weighted by molar-refractivity contribution is -0.140. The van der Waals surface area contributed by atoms with Gasteiger partial charge in [-0.05, 0) is 31.4 Å². The van der Waals surface area contributed by atoms with Crippen LogP contribution in [0.3, 0.4) is 0 Å². The minimum atomic E-state index is -0.691. The first-order valence-corrected chi connectivity index (χ1v) is 11.2. The summed E-state index contributed by atoms with van der Waals surface area (Å²) in [7, 11) is 1.57. The second-order valence-electron chi connectivity index (χ2n) is 8.69. The molecule has 31 heavy (non-hydrogen) atoms. The van der Waals surface area contributed by atoms with E-state index < -0.39 is 5.60 Å². The fourth-order valence-electron chi connectivity index (χ4n) is 4.62. The number of nitrogens with zero attached hydrogens (tertiary/aromatic N) is 2. The zero-order valence-electron chi connectivity index (χ0n) is 18.2. The SMILES string of the molecule is COc1ccc2c(c1)OC1(CCC(=O)N(CC(=O)N3CCCCCC3)CC1)CNC2=O. The van der Waals surface area contributed by atoms with Gasteiger partial charge >= 0.3 is 0 Å². The number of ether oxygens (including phenoxy) is 2. The van der Waals surface area contributed by atoms with Gasteiger partial charge in [-0.2, -0.15) is 0 Å². The number of amides is 3. The number of benzene rings is 1. The third-order valence-corrected chi connectivity index (χ3v) is 6.60. The van der Waals surface area contributed by atoms with Crippen LogP contribution < -0.4 is 14.8 Å². The van der Waals surface area contributed by atoms with E-state index in [0.717, 1.165) is 38.8 Å². The van der Waals surface area contributed by atoms with Crippen molar-refractivity contribution in [2.24, 2.45) is 0 Å². The Bertz CT molecular complexity index is 850. The Balaban J connectivity index is 1.47. The molecule has 8 heteroatoms. The number of fused-ring (bicyclic) bond motifs is 1. The molecule has 0 aliphatic carbocycles. The number of carbonyl (C=O) groups is 3. The third-order valence-electron chi connectivity index (χ3n) is 6.60. The number of hydrogen-bond acceptors (Lipinski definition) is 5. The molecule has 0 radical (unpaired) electrons. The zero-order chi connectivity index (χ0) is 21.8. The van der Waals surface area contributed by atoms with E-state index in [2.05, 4.69) is 5.32 Å². The molecule has 2 saturated heterocycles. The largest absolute Gasteiger partial charge is 0.497 e. The van der Waals surface area contributed by atoms with Gasteiger partial charge in [-0.1, -0.05) is 12.8 Å². The van der Waals surface area contributed by atoms with Gasteiger partial charge in [0.1, 0.15) is 17.1 Å². The van der Waals surface area contributed by atoms with E-state index >= 15 is 0 Å². The second kappa shape index (κ2) is 9.16. The van der Waals surface area contributed by atoms with Crippen LogP contribution in [0.4, 0.5) is 0 Å². The highest BCUT2D eigenvalue weighted by Gasteiger charge is 2.41. The van der Waals surface area contributed by atoms with Crippen LogP contribution in [0.5, 0.6) is 11.5 Å². The molecule has 1 aromatic carbocycles. The van der Waals surface area contributed by atoms with Crippen LogP contribution in [-0.4, -0.2) is 73.0 Å².